The molecule has 32 heavy (non-hydrogen) atoms. The summed E-state index contributed by atoms with van der Waals surface area (Å²) in [5, 5.41) is 6.59. The molecule has 0 atom stereocenters. The Morgan fingerprint density at radius 3 is 2.44 bits per heavy atom. The topological polar surface area (TPSA) is 89.0 Å². The molecule has 0 aliphatic rings. The van der Waals surface area contributed by atoms with Gasteiger partial charge in [0.1, 0.15) is 6.61 Å². The predicted molar refractivity (Wildman–Crippen MR) is 124 cm³/mol. The monoisotopic (exact) mass is 451 g/mol. The van der Waals surface area contributed by atoms with Gasteiger partial charge in [-0.2, -0.15) is 5.10 Å². The van der Waals surface area contributed by atoms with E-state index < -0.39 is 11.8 Å². The van der Waals surface area contributed by atoms with E-state index in [1.807, 2.05) is 37.3 Å². The number of amides is 2. The summed E-state index contributed by atoms with van der Waals surface area (Å²) >= 11 is 5.97. The van der Waals surface area contributed by atoms with Gasteiger partial charge in [-0.3, -0.25) is 9.59 Å². The number of hydrogen-bond donors (Lipinski definition) is 2. The van der Waals surface area contributed by atoms with Crippen LogP contribution < -0.4 is 20.2 Å². The maximum atomic E-state index is 12.0. The average Bonchev–Trinajstić information content (AvgIpc) is 2.81. The fourth-order valence-corrected chi connectivity index (χ4v) is 2.87. The second-order valence-corrected chi connectivity index (χ2v) is 6.95. The SMILES string of the molecule is CCOc1cc(/C=N\NC(=O)C(=O)Nc2ccccc2Cl)ccc1OCc1ccccc1. The van der Waals surface area contributed by atoms with Gasteiger partial charge in [-0.1, -0.05) is 54.1 Å². The first-order valence-electron chi connectivity index (χ1n) is 9.89. The van der Waals surface area contributed by atoms with Gasteiger partial charge < -0.3 is 14.8 Å². The minimum atomic E-state index is -0.922. The Balaban J connectivity index is 1.59. The zero-order valence-electron chi connectivity index (χ0n) is 17.4. The van der Waals surface area contributed by atoms with E-state index in [4.69, 9.17) is 21.1 Å². The van der Waals surface area contributed by atoms with Crippen LogP contribution in [0.25, 0.3) is 0 Å². The lowest BCUT2D eigenvalue weighted by atomic mass is 10.2. The molecule has 8 heteroatoms. The quantitative estimate of drug-likeness (QED) is 0.301. The van der Waals surface area contributed by atoms with E-state index in [9.17, 15) is 9.59 Å². The van der Waals surface area contributed by atoms with Crippen LogP contribution in [0, 0.1) is 0 Å². The summed E-state index contributed by atoms with van der Waals surface area (Å²) in [5.74, 6) is -0.657. The average molecular weight is 452 g/mol. The molecule has 0 aromatic heterocycles. The molecule has 0 unspecified atom stereocenters. The van der Waals surface area contributed by atoms with Crippen LogP contribution in [0.4, 0.5) is 5.69 Å². The largest absolute Gasteiger partial charge is 0.490 e. The van der Waals surface area contributed by atoms with E-state index >= 15 is 0 Å². The van der Waals surface area contributed by atoms with Crippen molar-refractivity contribution in [2.45, 2.75) is 13.5 Å². The zero-order valence-corrected chi connectivity index (χ0v) is 18.1. The standard InChI is InChI=1S/C24H22ClN3O4/c1-2-31-22-14-18(12-13-21(22)32-16-17-8-4-3-5-9-17)15-26-28-24(30)23(29)27-20-11-7-6-10-19(20)25/h3-15H,2,16H2,1H3,(H,27,29)(H,28,30)/b26-15-. The van der Waals surface area contributed by atoms with E-state index in [2.05, 4.69) is 15.8 Å². The van der Waals surface area contributed by atoms with Crippen molar-refractivity contribution < 1.29 is 19.1 Å². The molecule has 3 rings (SSSR count). The lowest BCUT2D eigenvalue weighted by Gasteiger charge is -2.12. The maximum absolute atomic E-state index is 12.0. The summed E-state index contributed by atoms with van der Waals surface area (Å²) in [6.45, 7) is 2.74. The van der Waals surface area contributed by atoms with Gasteiger partial charge in [-0.15, -0.1) is 0 Å². The van der Waals surface area contributed by atoms with Gasteiger partial charge in [0.15, 0.2) is 11.5 Å². The van der Waals surface area contributed by atoms with E-state index in [0.717, 1.165) is 5.56 Å². The summed E-state index contributed by atoms with van der Waals surface area (Å²) in [5.41, 5.74) is 4.23. The number of carbonyl (C=O) groups excluding carboxylic acids is 2. The Labute approximate surface area is 191 Å². The van der Waals surface area contributed by atoms with Crippen molar-refractivity contribution in [3.05, 3.63) is 88.9 Å². The van der Waals surface area contributed by atoms with E-state index in [0.29, 0.717) is 41.0 Å². The smallest absolute Gasteiger partial charge is 0.329 e. The highest BCUT2D eigenvalue weighted by molar-refractivity contribution is 6.41. The van der Waals surface area contributed by atoms with Gasteiger partial charge in [-0.25, -0.2) is 5.43 Å². The maximum Gasteiger partial charge on any atom is 0.329 e. The van der Waals surface area contributed by atoms with Crippen molar-refractivity contribution in [1.82, 2.24) is 5.43 Å². The second-order valence-electron chi connectivity index (χ2n) is 6.55. The molecule has 0 spiro atoms. The molecule has 0 saturated heterocycles. The summed E-state index contributed by atoms with van der Waals surface area (Å²) in [6, 6.07) is 21.7. The Morgan fingerprint density at radius 2 is 1.69 bits per heavy atom. The fraction of sp³-hybridized carbons (Fsp3) is 0.125. The van der Waals surface area contributed by atoms with Gasteiger partial charge in [0.05, 0.1) is 23.5 Å². The molecular formula is C24H22ClN3O4. The molecular weight excluding hydrogens is 430 g/mol. The summed E-state index contributed by atoms with van der Waals surface area (Å²) in [4.78, 5) is 24.0. The van der Waals surface area contributed by atoms with Gasteiger partial charge in [0, 0.05) is 0 Å². The molecule has 0 aliphatic heterocycles. The van der Waals surface area contributed by atoms with Crippen LogP contribution in [0.5, 0.6) is 11.5 Å². The Morgan fingerprint density at radius 1 is 0.938 bits per heavy atom. The highest BCUT2D eigenvalue weighted by atomic mass is 35.5. The normalized spacial score (nSPS) is 10.6. The summed E-state index contributed by atoms with van der Waals surface area (Å²) < 4.78 is 11.5. The van der Waals surface area contributed by atoms with Crippen LogP contribution in [-0.2, 0) is 16.2 Å². The van der Waals surface area contributed by atoms with Gasteiger partial charge in [0.2, 0.25) is 0 Å². The van der Waals surface area contributed by atoms with Crippen molar-refractivity contribution >= 4 is 35.3 Å². The van der Waals surface area contributed by atoms with Crippen LogP contribution in [0.2, 0.25) is 5.02 Å². The number of nitrogens with one attached hydrogen (secondary N) is 2. The van der Waals surface area contributed by atoms with Crippen molar-refractivity contribution in [2.75, 3.05) is 11.9 Å². The minimum absolute atomic E-state index is 0.329. The highest BCUT2D eigenvalue weighted by Crippen LogP contribution is 2.29. The minimum Gasteiger partial charge on any atom is -0.490 e. The van der Waals surface area contributed by atoms with Gasteiger partial charge in [-0.05, 0) is 48.4 Å². The number of halogens is 1. The number of hydrogen-bond acceptors (Lipinski definition) is 5. The molecule has 0 bridgehead atoms. The molecule has 2 amide bonds. The lowest BCUT2D eigenvalue weighted by Crippen LogP contribution is -2.32. The predicted octanol–water partition coefficient (Wildman–Crippen LogP) is 4.41. The first-order valence-corrected chi connectivity index (χ1v) is 10.3. The van der Waals surface area contributed by atoms with E-state index in [1.165, 1.54) is 6.21 Å². The number of hydrazone groups is 1. The molecule has 0 aliphatic carbocycles. The number of benzene rings is 3. The van der Waals surface area contributed by atoms with Crippen molar-refractivity contribution in [2.24, 2.45) is 5.10 Å². The van der Waals surface area contributed by atoms with Crippen molar-refractivity contribution in [3.63, 3.8) is 0 Å². The Bertz CT molecular complexity index is 1100. The molecule has 2 N–H and O–H groups in total. The van der Waals surface area contributed by atoms with Gasteiger partial charge in [0.25, 0.3) is 0 Å². The third-order valence-corrected chi connectivity index (χ3v) is 4.54. The van der Waals surface area contributed by atoms with Crippen LogP contribution >= 0.6 is 11.6 Å². The van der Waals surface area contributed by atoms with Crippen molar-refractivity contribution in [1.29, 1.82) is 0 Å². The molecule has 0 heterocycles. The van der Waals surface area contributed by atoms with Crippen LogP contribution in [0.3, 0.4) is 0 Å². The molecule has 164 valence electrons. The Kier molecular flexibility index (Phi) is 8.22. The van der Waals surface area contributed by atoms with E-state index in [-0.39, 0.29) is 0 Å². The third kappa shape index (κ3) is 6.58. The zero-order chi connectivity index (χ0) is 22.8. The number of anilines is 1. The van der Waals surface area contributed by atoms with Crippen LogP contribution in [0.15, 0.2) is 77.9 Å². The number of ether oxygens (including phenoxy) is 2. The molecule has 0 saturated carbocycles. The molecule has 7 nitrogen and oxygen atoms in total. The Hall–Kier alpha value is -3.84. The summed E-state index contributed by atoms with van der Waals surface area (Å²) in [6.07, 6.45) is 1.41. The molecule has 3 aromatic rings. The number of rotatable bonds is 8. The lowest BCUT2D eigenvalue weighted by molar-refractivity contribution is -0.136. The first-order chi connectivity index (χ1) is 15.6. The highest BCUT2D eigenvalue weighted by Gasteiger charge is 2.14. The van der Waals surface area contributed by atoms with Crippen LogP contribution in [0.1, 0.15) is 18.1 Å². The number of para-hydroxylation sites is 1. The van der Waals surface area contributed by atoms with E-state index in [1.54, 1.807) is 42.5 Å². The second kappa shape index (κ2) is 11.5. The van der Waals surface area contributed by atoms with Gasteiger partial charge >= 0.3 is 11.8 Å². The molecule has 0 fully saturated rings. The van der Waals surface area contributed by atoms with Crippen molar-refractivity contribution in [3.8, 4) is 11.5 Å². The fourth-order valence-electron chi connectivity index (χ4n) is 2.69. The number of nitrogens with zero attached hydrogens (tertiary/aromatic N) is 1. The summed E-state index contributed by atoms with van der Waals surface area (Å²) in [7, 11) is 0. The number of carbonyl (C=O) groups is 2. The molecule has 0 radical (unpaired) electrons. The molecule has 3 aromatic carbocycles. The van der Waals surface area contributed by atoms with Crippen LogP contribution in [-0.4, -0.2) is 24.6 Å². The third-order valence-electron chi connectivity index (χ3n) is 4.21. The first kappa shape index (κ1) is 22.8.